The highest BCUT2D eigenvalue weighted by atomic mass is 35.5. The summed E-state index contributed by atoms with van der Waals surface area (Å²) in [6.07, 6.45) is 3.15. The number of hydrogen-bond acceptors (Lipinski definition) is 7. The molecule has 5 heterocycles. The largest absolute Gasteiger partial charge is 0.384 e. The van der Waals surface area contributed by atoms with Crippen LogP contribution in [0, 0.1) is 5.41 Å². The van der Waals surface area contributed by atoms with Crippen LogP contribution < -0.4 is 16.2 Å². The number of aromatic nitrogens is 5. The van der Waals surface area contributed by atoms with Crippen LogP contribution in [0.2, 0.25) is 10.2 Å². The normalized spacial score (nSPS) is 18.6. The predicted molar refractivity (Wildman–Crippen MR) is 116 cm³/mol. The minimum atomic E-state index is -0.217. The first-order chi connectivity index (χ1) is 14.4. The summed E-state index contributed by atoms with van der Waals surface area (Å²) >= 11 is 12.4. The number of nitrogens with two attached hydrogens (primary N) is 1. The zero-order chi connectivity index (χ0) is 21.0. The number of aromatic amines is 1. The number of nitrogens with zero attached hydrogens (tertiary/aromatic N) is 5. The van der Waals surface area contributed by atoms with E-state index in [1.807, 2.05) is 0 Å². The van der Waals surface area contributed by atoms with Crippen LogP contribution in [0.3, 0.4) is 0 Å². The van der Waals surface area contributed by atoms with Gasteiger partial charge in [-0.15, -0.1) is 0 Å². The molecule has 0 saturated carbocycles. The molecule has 11 heteroatoms. The summed E-state index contributed by atoms with van der Waals surface area (Å²) < 4.78 is 7.17. The fraction of sp³-hybridized carbons (Fsp3) is 0.474. The Hall–Kier alpha value is -2.36. The van der Waals surface area contributed by atoms with E-state index in [1.54, 1.807) is 17.7 Å². The lowest BCUT2D eigenvalue weighted by Crippen LogP contribution is -2.43. The third-order valence-electron chi connectivity index (χ3n) is 6.27. The topological polar surface area (TPSA) is 115 Å². The molecule has 2 fully saturated rings. The lowest BCUT2D eigenvalue weighted by Gasteiger charge is -2.39. The maximum atomic E-state index is 13.3. The number of H-pyrrole nitrogens is 1. The van der Waals surface area contributed by atoms with Crippen molar-refractivity contribution < 1.29 is 4.74 Å². The van der Waals surface area contributed by atoms with E-state index in [0.29, 0.717) is 28.2 Å². The van der Waals surface area contributed by atoms with Gasteiger partial charge < -0.3 is 15.4 Å². The third kappa shape index (κ3) is 3.03. The molecular formula is C19H21Cl2N7O2. The smallest absolute Gasteiger partial charge is 0.266 e. The van der Waals surface area contributed by atoms with Gasteiger partial charge in [0, 0.05) is 32.3 Å². The summed E-state index contributed by atoms with van der Waals surface area (Å²) in [6.45, 7) is 3.32. The number of pyridine rings is 1. The predicted octanol–water partition coefficient (Wildman–Crippen LogP) is 2.61. The van der Waals surface area contributed by atoms with E-state index in [-0.39, 0.29) is 27.0 Å². The minimum Gasteiger partial charge on any atom is -0.384 e. The number of ether oxygens (including phenoxy) is 1. The van der Waals surface area contributed by atoms with Gasteiger partial charge in [0.25, 0.3) is 5.56 Å². The maximum Gasteiger partial charge on any atom is 0.266 e. The summed E-state index contributed by atoms with van der Waals surface area (Å²) in [7, 11) is 1.72. The molecule has 0 aliphatic carbocycles. The van der Waals surface area contributed by atoms with Crippen molar-refractivity contribution >= 4 is 46.0 Å². The van der Waals surface area contributed by atoms with Crippen molar-refractivity contribution in [1.29, 1.82) is 0 Å². The number of fused-ring (bicyclic) bond motifs is 1. The average molecular weight is 450 g/mol. The summed E-state index contributed by atoms with van der Waals surface area (Å²) in [5.41, 5.74) is 7.09. The standard InChI is InChI=1S/C19H21Cl2N7O2/c1-27-17(29)12-14(10-8-11(22)23-15(21)13(10)20)25-26-16(12)24-18(27)28-5-2-19(3-6-28)4-7-30-9-19/h8H,2-7,9H2,1H3,(H2,22,23)(H,25,26). The van der Waals surface area contributed by atoms with E-state index in [4.69, 9.17) is 33.7 Å². The van der Waals surface area contributed by atoms with Crippen LogP contribution in [0.15, 0.2) is 10.9 Å². The van der Waals surface area contributed by atoms with Gasteiger partial charge in [-0.25, -0.2) is 4.98 Å². The highest BCUT2D eigenvalue weighted by Gasteiger charge is 2.38. The first kappa shape index (κ1) is 19.6. The summed E-state index contributed by atoms with van der Waals surface area (Å²) in [5.74, 6) is 0.805. The van der Waals surface area contributed by atoms with E-state index in [2.05, 4.69) is 25.1 Å². The zero-order valence-electron chi connectivity index (χ0n) is 16.4. The number of anilines is 2. The Kier molecular flexibility index (Phi) is 4.64. The molecule has 5 rings (SSSR count). The van der Waals surface area contributed by atoms with Crippen molar-refractivity contribution in [2.45, 2.75) is 19.3 Å². The van der Waals surface area contributed by atoms with Crippen molar-refractivity contribution in [3.8, 4) is 11.3 Å². The first-order valence-corrected chi connectivity index (χ1v) is 10.5. The van der Waals surface area contributed by atoms with Crippen molar-refractivity contribution in [2.24, 2.45) is 12.5 Å². The molecule has 158 valence electrons. The van der Waals surface area contributed by atoms with Gasteiger partial charge in [-0.2, -0.15) is 10.1 Å². The van der Waals surface area contributed by atoms with Gasteiger partial charge in [-0.3, -0.25) is 14.5 Å². The number of hydrogen-bond donors (Lipinski definition) is 2. The van der Waals surface area contributed by atoms with Crippen LogP contribution in [0.4, 0.5) is 11.8 Å². The third-order valence-corrected chi connectivity index (χ3v) is 7.02. The van der Waals surface area contributed by atoms with E-state index in [0.717, 1.165) is 45.6 Å². The second kappa shape index (κ2) is 7.11. The summed E-state index contributed by atoms with van der Waals surface area (Å²) in [4.78, 5) is 24.0. The van der Waals surface area contributed by atoms with Gasteiger partial charge >= 0.3 is 0 Å². The first-order valence-electron chi connectivity index (χ1n) is 9.78. The minimum absolute atomic E-state index is 0.0639. The number of nitrogens with one attached hydrogen (secondary N) is 1. The van der Waals surface area contributed by atoms with Crippen LogP contribution in [0.25, 0.3) is 22.3 Å². The zero-order valence-corrected chi connectivity index (χ0v) is 17.9. The molecule has 2 aliphatic rings. The second-order valence-corrected chi connectivity index (χ2v) is 8.80. The van der Waals surface area contributed by atoms with Crippen molar-refractivity contribution in [2.75, 3.05) is 36.9 Å². The van der Waals surface area contributed by atoms with Gasteiger partial charge in [0.2, 0.25) is 5.95 Å². The molecular weight excluding hydrogens is 429 g/mol. The highest BCUT2D eigenvalue weighted by molar-refractivity contribution is 6.43. The Morgan fingerprint density at radius 2 is 2.00 bits per heavy atom. The number of nitrogen functional groups attached to an aromatic ring is 1. The molecule has 0 atom stereocenters. The Balaban J connectivity index is 1.56. The highest BCUT2D eigenvalue weighted by Crippen LogP contribution is 2.40. The Labute approximate surface area is 182 Å². The van der Waals surface area contributed by atoms with Crippen molar-refractivity contribution in [1.82, 2.24) is 24.7 Å². The molecule has 0 aromatic carbocycles. The van der Waals surface area contributed by atoms with Crippen LogP contribution in [-0.4, -0.2) is 51.0 Å². The molecule has 2 saturated heterocycles. The van der Waals surface area contributed by atoms with Crippen LogP contribution in [0.5, 0.6) is 0 Å². The fourth-order valence-corrected chi connectivity index (χ4v) is 4.84. The molecule has 0 amide bonds. The molecule has 1 spiro atoms. The lowest BCUT2D eigenvalue weighted by atomic mass is 9.78. The Morgan fingerprint density at radius 1 is 1.23 bits per heavy atom. The van der Waals surface area contributed by atoms with Crippen molar-refractivity contribution in [3.05, 3.63) is 26.6 Å². The molecule has 3 aromatic heterocycles. The van der Waals surface area contributed by atoms with E-state index in [9.17, 15) is 4.79 Å². The molecule has 3 aromatic rings. The van der Waals surface area contributed by atoms with Crippen LogP contribution in [0.1, 0.15) is 19.3 Å². The molecule has 0 radical (unpaired) electrons. The van der Waals surface area contributed by atoms with E-state index in [1.165, 1.54) is 0 Å². The number of rotatable bonds is 2. The van der Waals surface area contributed by atoms with E-state index < -0.39 is 0 Å². The van der Waals surface area contributed by atoms with Gasteiger partial charge in [-0.1, -0.05) is 23.2 Å². The fourth-order valence-electron chi connectivity index (χ4n) is 4.45. The van der Waals surface area contributed by atoms with Crippen LogP contribution in [-0.2, 0) is 11.8 Å². The maximum absolute atomic E-state index is 13.3. The summed E-state index contributed by atoms with van der Waals surface area (Å²) in [6, 6.07) is 1.56. The van der Waals surface area contributed by atoms with Gasteiger partial charge in [-0.05, 0) is 30.7 Å². The molecule has 3 N–H and O–H groups in total. The summed E-state index contributed by atoms with van der Waals surface area (Å²) in [5, 5.41) is 7.74. The number of halogens is 2. The Morgan fingerprint density at radius 3 is 2.70 bits per heavy atom. The van der Waals surface area contributed by atoms with Crippen LogP contribution >= 0.6 is 23.2 Å². The number of piperidine rings is 1. The van der Waals surface area contributed by atoms with Crippen molar-refractivity contribution in [3.63, 3.8) is 0 Å². The lowest BCUT2D eigenvalue weighted by molar-refractivity contribution is 0.133. The Bertz CT molecular complexity index is 1190. The monoisotopic (exact) mass is 449 g/mol. The molecule has 9 nitrogen and oxygen atoms in total. The SMILES string of the molecule is Cn1c(N2CCC3(CCOC3)CC2)nc2n[nH]c(-c3cc(N)nc(Cl)c3Cl)c2c1=O. The van der Waals surface area contributed by atoms with E-state index >= 15 is 0 Å². The molecule has 2 aliphatic heterocycles. The molecule has 30 heavy (non-hydrogen) atoms. The molecule has 0 bridgehead atoms. The average Bonchev–Trinajstić information content (AvgIpc) is 3.36. The van der Waals surface area contributed by atoms with Gasteiger partial charge in [0.05, 0.1) is 17.3 Å². The molecule has 0 unspecified atom stereocenters. The van der Waals surface area contributed by atoms with Gasteiger partial charge in [0.1, 0.15) is 11.2 Å². The van der Waals surface area contributed by atoms with Gasteiger partial charge in [0.15, 0.2) is 10.8 Å². The quantitative estimate of drug-likeness (QED) is 0.577. The second-order valence-electron chi connectivity index (χ2n) is 8.06.